The van der Waals surface area contributed by atoms with Crippen molar-refractivity contribution in [2.45, 2.75) is 52.4 Å². The van der Waals surface area contributed by atoms with E-state index in [-0.39, 0.29) is 11.7 Å². The van der Waals surface area contributed by atoms with Crippen molar-refractivity contribution in [3.05, 3.63) is 40.2 Å². The lowest BCUT2D eigenvalue weighted by Gasteiger charge is -2.11. The Kier molecular flexibility index (Phi) is 7.21. The maximum atomic E-state index is 12.2. The predicted octanol–water partition coefficient (Wildman–Crippen LogP) is 3.64. The first kappa shape index (κ1) is 21.3. The summed E-state index contributed by atoms with van der Waals surface area (Å²) in [6.45, 7) is 9.13. The first-order valence-corrected chi connectivity index (χ1v) is 11.2. The molecule has 0 spiro atoms. The number of hydrogen-bond acceptors (Lipinski definition) is 8. The lowest BCUT2D eigenvalue weighted by molar-refractivity contribution is -0.113. The molecule has 10 heteroatoms. The molecule has 0 saturated carbocycles. The monoisotopic (exact) mass is 432 g/mol. The number of nitrogens with one attached hydrogen (secondary N) is 1. The van der Waals surface area contributed by atoms with Gasteiger partial charge in [0.05, 0.1) is 5.75 Å². The third-order valence-electron chi connectivity index (χ3n) is 4.37. The lowest BCUT2D eigenvalue weighted by Crippen LogP contribution is -2.14. The molecule has 3 rings (SSSR count). The van der Waals surface area contributed by atoms with Crippen LogP contribution >= 0.6 is 23.1 Å². The second-order valence-corrected chi connectivity index (χ2v) is 8.33. The van der Waals surface area contributed by atoms with Gasteiger partial charge in [-0.2, -0.15) is 0 Å². The largest absolute Gasteiger partial charge is 0.485 e. The highest BCUT2D eigenvalue weighted by Gasteiger charge is 2.15. The molecule has 8 nitrogen and oxygen atoms in total. The Morgan fingerprint density at radius 1 is 1.21 bits per heavy atom. The molecule has 1 aromatic carbocycles. The molecule has 0 atom stereocenters. The molecular formula is C19H24N6O2S2. The van der Waals surface area contributed by atoms with E-state index in [0.29, 0.717) is 23.4 Å². The number of ether oxygens (including phenoxy) is 1. The summed E-state index contributed by atoms with van der Waals surface area (Å²) in [5, 5.41) is 21.3. The topological polar surface area (TPSA) is 94.8 Å². The van der Waals surface area contributed by atoms with E-state index >= 15 is 0 Å². The number of thioether (sulfide) groups is 1. The summed E-state index contributed by atoms with van der Waals surface area (Å²) in [4.78, 5) is 12.2. The SMILES string of the molecule is CCc1nnc(NC(=O)CSc2nnc(COc3cccc(C)c3C)n2CC)s1. The standard InChI is InChI=1S/C19H24N6O2S2/c1-5-17-22-23-18(29-17)20-16(26)11-28-19-24-21-15(25(19)6-2)10-27-14-9-7-8-12(3)13(14)4/h7-9H,5-6,10-11H2,1-4H3,(H,20,23,26). The zero-order chi connectivity index (χ0) is 20.8. The molecule has 3 aromatic rings. The molecule has 1 N–H and O–H groups in total. The highest BCUT2D eigenvalue weighted by atomic mass is 32.2. The molecule has 0 unspecified atom stereocenters. The molecule has 0 aliphatic carbocycles. The van der Waals surface area contributed by atoms with Crippen LogP contribution < -0.4 is 10.1 Å². The van der Waals surface area contributed by atoms with Crippen LogP contribution in [0.3, 0.4) is 0 Å². The van der Waals surface area contributed by atoms with Crippen LogP contribution in [0, 0.1) is 13.8 Å². The van der Waals surface area contributed by atoms with E-state index in [1.165, 1.54) is 28.7 Å². The smallest absolute Gasteiger partial charge is 0.236 e. The fourth-order valence-corrected chi connectivity index (χ4v) is 4.12. The first-order chi connectivity index (χ1) is 14.0. The number of benzene rings is 1. The summed E-state index contributed by atoms with van der Waals surface area (Å²) in [5.74, 6) is 1.64. The molecule has 0 saturated heterocycles. The summed E-state index contributed by atoms with van der Waals surface area (Å²) in [6, 6.07) is 5.98. The number of anilines is 1. The van der Waals surface area contributed by atoms with Gasteiger partial charge in [0.25, 0.3) is 0 Å². The second-order valence-electron chi connectivity index (χ2n) is 6.32. The lowest BCUT2D eigenvalue weighted by atomic mass is 10.1. The zero-order valence-electron chi connectivity index (χ0n) is 16.9. The Morgan fingerprint density at radius 2 is 2.03 bits per heavy atom. The van der Waals surface area contributed by atoms with Gasteiger partial charge in [-0.1, -0.05) is 42.2 Å². The molecule has 2 aromatic heterocycles. The minimum Gasteiger partial charge on any atom is -0.485 e. The number of amides is 1. The molecular weight excluding hydrogens is 408 g/mol. The molecule has 1 amide bonds. The fraction of sp³-hybridized carbons (Fsp3) is 0.421. The highest BCUT2D eigenvalue weighted by molar-refractivity contribution is 7.99. The summed E-state index contributed by atoms with van der Waals surface area (Å²) >= 11 is 2.73. The molecule has 0 bridgehead atoms. The molecule has 154 valence electrons. The van der Waals surface area contributed by atoms with Crippen molar-refractivity contribution in [3.8, 4) is 5.75 Å². The Bertz CT molecular complexity index is 985. The zero-order valence-corrected chi connectivity index (χ0v) is 18.6. The third-order valence-corrected chi connectivity index (χ3v) is 6.32. The fourth-order valence-electron chi connectivity index (χ4n) is 2.61. The highest BCUT2D eigenvalue weighted by Crippen LogP contribution is 2.23. The van der Waals surface area contributed by atoms with E-state index in [4.69, 9.17) is 4.74 Å². The van der Waals surface area contributed by atoms with E-state index in [1.54, 1.807) is 0 Å². The minimum atomic E-state index is -0.146. The molecule has 2 heterocycles. The Labute approximate surface area is 178 Å². The Balaban J connectivity index is 1.58. The molecule has 29 heavy (non-hydrogen) atoms. The van der Waals surface area contributed by atoms with Crippen LogP contribution in [0.25, 0.3) is 0 Å². The van der Waals surface area contributed by atoms with Gasteiger partial charge in [-0.25, -0.2) is 0 Å². The van der Waals surface area contributed by atoms with Crippen LogP contribution in [0.2, 0.25) is 0 Å². The normalized spacial score (nSPS) is 10.9. The van der Waals surface area contributed by atoms with Crippen molar-refractivity contribution in [2.75, 3.05) is 11.1 Å². The number of carbonyl (C=O) groups is 1. The van der Waals surface area contributed by atoms with Gasteiger partial charge in [0.1, 0.15) is 17.4 Å². The van der Waals surface area contributed by atoms with Gasteiger partial charge in [-0.3, -0.25) is 10.1 Å². The van der Waals surface area contributed by atoms with Gasteiger partial charge < -0.3 is 9.30 Å². The van der Waals surface area contributed by atoms with Crippen LogP contribution in [-0.2, 0) is 24.4 Å². The van der Waals surface area contributed by atoms with Crippen molar-refractivity contribution in [3.63, 3.8) is 0 Å². The first-order valence-electron chi connectivity index (χ1n) is 9.37. The Hall–Kier alpha value is -2.46. The van der Waals surface area contributed by atoms with Gasteiger partial charge in [-0.15, -0.1) is 20.4 Å². The number of carbonyl (C=O) groups excluding carboxylic acids is 1. The van der Waals surface area contributed by atoms with Crippen LogP contribution in [0.4, 0.5) is 5.13 Å². The number of aromatic nitrogens is 5. The minimum absolute atomic E-state index is 0.146. The van der Waals surface area contributed by atoms with E-state index in [0.717, 1.165) is 28.6 Å². The quantitative estimate of drug-likeness (QED) is 0.516. The van der Waals surface area contributed by atoms with Gasteiger partial charge in [-0.05, 0) is 44.4 Å². The number of hydrogen-bond donors (Lipinski definition) is 1. The number of rotatable bonds is 9. The van der Waals surface area contributed by atoms with Crippen molar-refractivity contribution in [1.82, 2.24) is 25.0 Å². The van der Waals surface area contributed by atoms with Crippen molar-refractivity contribution < 1.29 is 9.53 Å². The maximum Gasteiger partial charge on any atom is 0.236 e. The average molecular weight is 433 g/mol. The van der Waals surface area contributed by atoms with Crippen LogP contribution in [0.15, 0.2) is 23.4 Å². The summed E-state index contributed by atoms with van der Waals surface area (Å²) in [7, 11) is 0. The van der Waals surface area contributed by atoms with Crippen molar-refractivity contribution in [1.29, 1.82) is 0 Å². The average Bonchev–Trinajstić information content (AvgIpc) is 3.33. The summed E-state index contributed by atoms with van der Waals surface area (Å²) in [5.41, 5.74) is 2.30. The van der Waals surface area contributed by atoms with E-state index in [1.807, 2.05) is 37.5 Å². The van der Waals surface area contributed by atoms with Crippen LogP contribution in [0.1, 0.15) is 35.8 Å². The van der Waals surface area contributed by atoms with E-state index < -0.39 is 0 Å². The predicted molar refractivity (Wildman–Crippen MR) is 115 cm³/mol. The number of nitrogens with zero attached hydrogens (tertiary/aromatic N) is 5. The third kappa shape index (κ3) is 5.33. The van der Waals surface area contributed by atoms with E-state index in [2.05, 4.69) is 38.7 Å². The van der Waals surface area contributed by atoms with Crippen LogP contribution in [-0.4, -0.2) is 36.6 Å². The maximum absolute atomic E-state index is 12.2. The van der Waals surface area contributed by atoms with Gasteiger partial charge in [0.15, 0.2) is 11.0 Å². The van der Waals surface area contributed by atoms with Gasteiger partial charge >= 0.3 is 0 Å². The number of aryl methyl sites for hydroxylation is 2. The molecule has 0 radical (unpaired) electrons. The molecule has 0 fully saturated rings. The summed E-state index contributed by atoms with van der Waals surface area (Å²) in [6.07, 6.45) is 0.800. The Morgan fingerprint density at radius 3 is 2.76 bits per heavy atom. The van der Waals surface area contributed by atoms with Gasteiger partial charge in [0, 0.05) is 6.54 Å². The molecule has 0 aliphatic rings. The summed E-state index contributed by atoms with van der Waals surface area (Å²) < 4.78 is 7.91. The van der Waals surface area contributed by atoms with E-state index in [9.17, 15) is 4.79 Å². The van der Waals surface area contributed by atoms with Crippen molar-refractivity contribution in [2.24, 2.45) is 0 Å². The second kappa shape index (κ2) is 9.84. The van der Waals surface area contributed by atoms with Crippen LogP contribution in [0.5, 0.6) is 5.75 Å². The van der Waals surface area contributed by atoms with Gasteiger partial charge in [0.2, 0.25) is 11.0 Å². The van der Waals surface area contributed by atoms with Crippen molar-refractivity contribution >= 4 is 34.1 Å². The molecule has 0 aliphatic heterocycles.